The van der Waals surface area contributed by atoms with Crippen LogP contribution in [0.3, 0.4) is 0 Å². The van der Waals surface area contributed by atoms with Gasteiger partial charge in [0.1, 0.15) is 5.82 Å². The molecule has 1 aromatic carbocycles. The number of nitrogens with one attached hydrogen (secondary N) is 1. The summed E-state index contributed by atoms with van der Waals surface area (Å²) in [6.45, 7) is 3.83. The van der Waals surface area contributed by atoms with Crippen molar-refractivity contribution in [3.8, 4) is 0 Å². The number of aliphatic hydroxyl groups excluding tert-OH is 1. The van der Waals surface area contributed by atoms with Gasteiger partial charge >= 0.3 is 6.03 Å². The molecule has 1 unspecified atom stereocenters. The van der Waals surface area contributed by atoms with Gasteiger partial charge in [-0.1, -0.05) is 12.1 Å². The molecule has 134 valence electrons. The Morgan fingerprint density at radius 2 is 2.17 bits per heavy atom. The van der Waals surface area contributed by atoms with Crippen LogP contribution in [0.2, 0.25) is 0 Å². The molecule has 1 aromatic rings. The molecule has 0 saturated carbocycles. The van der Waals surface area contributed by atoms with E-state index in [1.54, 1.807) is 31.0 Å². The number of rotatable bonds is 6. The number of carbonyl (C=O) groups excluding carboxylic acids is 1. The molecular formula is C18H27FN2O3. The molecule has 2 amide bonds. The van der Waals surface area contributed by atoms with Crippen molar-refractivity contribution in [2.24, 2.45) is 0 Å². The lowest BCUT2D eigenvalue weighted by molar-refractivity contribution is 0.0501. The van der Waals surface area contributed by atoms with Gasteiger partial charge in [-0.2, -0.15) is 0 Å². The highest BCUT2D eigenvalue weighted by Gasteiger charge is 2.35. The molecule has 1 aliphatic heterocycles. The predicted molar refractivity (Wildman–Crippen MR) is 90.5 cm³/mol. The normalized spacial score (nSPS) is 18.0. The molecule has 2 N–H and O–H groups in total. The largest absolute Gasteiger partial charge is 0.393 e. The summed E-state index contributed by atoms with van der Waals surface area (Å²) in [5, 5.41) is 12.3. The molecule has 0 radical (unpaired) electrons. The quantitative estimate of drug-likeness (QED) is 0.836. The van der Waals surface area contributed by atoms with E-state index in [9.17, 15) is 14.3 Å². The molecule has 0 aliphatic carbocycles. The molecule has 1 heterocycles. The second-order valence-corrected chi connectivity index (χ2v) is 6.62. The van der Waals surface area contributed by atoms with Gasteiger partial charge in [-0.15, -0.1) is 0 Å². The van der Waals surface area contributed by atoms with Gasteiger partial charge in [0.2, 0.25) is 0 Å². The molecule has 1 saturated heterocycles. The minimum atomic E-state index is -0.436. The summed E-state index contributed by atoms with van der Waals surface area (Å²) in [5.41, 5.74) is 0.596. The summed E-state index contributed by atoms with van der Waals surface area (Å²) >= 11 is 0. The van der Waals surface area contributed by atoms with Crippen LogP contribution < -0.4 is 5.32 Å². The maximum absolute atomic E-state index is 13.6. The number of hydrogen-bond acceptors (Lipinski definition) is 3. The first-order chi connectivity index (χ1) is 11.4. The van der Waals surface area contributed by atoms with Crippen LogP contribution in [-0.4, -0.2) is 55.5 Å². The van der Waals surface area contributed by atoms with E-state index in [1.165, 1.54) is 6.07 Å². The molecule has 0 bridgehead atoms. The highest BCUT2D eigenvalue weighted by atomic mass is 19.1. The van der Waals surface area contributed by atoms with Crippen LogP contribution in [0.4, 0.5) is 9.18 Å². The van der Waals surface area contributed by atoms with E-state index in [-0.39, 0.29) is 17.3 Å². The molecule has 1 atom stereocenters. The second-order valence-electron chi connectivity index (χ2n) is 6.62. The van der Waals surface area contributed by atoms with E-state index in [0.717, 1.165) is 18.4 Å². The summed E-state index contributed by atoms with van der Waals surface area (Å²) in [5.74, 6) is -0.265. The molecule has 6 heteroatoms. The van der Waals surface area contributed by atoms with Crippen LogP contribution in [0.25, 0.3) is 0 Å². The summed E-state index contributed by atoms with van der Waals surface area (Å²) < 4.78 is 19.1. The fourth-order valence-electron chi connectivity index (χ4n) is 3.01. The Kier molecular flexibility index (Phi) is 6.57. The first kappa shape index (κ1) is 18.7. The molecular weight excluding hydrogens is 311 g/mol. The van der Waals surface area contributed by atoms with Crippen molar-refractivity contribution >= 4 is 6.03 Å². The average molecular weight is 338 g/mol. The maximum Gasteiger partial charge on any atom is 0.317 e. The number of aliphatic hydroxyl groups is 1. The number of carbonyl (C=O) groups is 1. The minimum absolute atomic E-state index is 0.182. The maximum atomic E-state index is 13.6. The van der Waals surface area contributed by atoms with Gasteiger partial charge in [0.15, 0.2) is 0 Å². The minimum Gasteiger partial charge on any atom is -0.393 e. The smallest absolute Gasteiger partial charge is 0.317 e. The van der Waals surface area contributed by atoms with Gasteiger partial charge in [-0.25, -0.2) is 9.18 Å². The molecule has 24 heavy (non-hydrogen) atoms. The van der Waals surface area contributed by atoms with Crippen LogP contribution in [0.1, 0.15) is 31.7 Å². The third-order valence-electron chi connectivity index (χ3n) is 4.69. The van der Waals surface area contributed by atoms with Gasteiger partial charge < -0.3 is 20.1 Å². The lowest BCUT2D eigenvalue weighted by Crippen LogP contribution is -2.48. The zero-order chi connectivity index (χ0) is 17.6. The summed E-state index contributed by atoms with van der Waals surface area (Å²) in [4.78, 5) is 13.8. The lowest BCUT2D eigenvalue weighted by Gasteiger charge is -2.38. The monoisotopic (exact) mass is 338 g/mol. The summed E-state index contributed by atoms with van der Waals surface area (Å²) in [7, 11) is 1.70. The standard InChI is InChI=1S/C18H27FN2O3/c1-14(22)6-9-21(2)17(23)20-13-18(7-10-24-11-8-18)15-4-3-5-16(19)12-15/h3-5,12,14,22H,6-11,13H2,1-2H3,(H,20,23). The number of ether oxygens (including phenoxy) is 1. The SMILES string of the molecule is CC(O)CCN(C)C(=O)NCC1(c2cccc(F)c2)CCOCC1. The number of amides is 2. The summed E-state index contributed by atoms with van der Waals surface area (Å²) in [6, 6.07) is 6.42. The average Bonchev–Trinajstić information content (AvgIpc) is 2.58. The molecule has 2 rings (SSSR count). The summed E-state index contributed by atoms with van der Waals surface area (Å²) in [6.07, 6.45) is 1.59. The van der Waals surface area contributed by atoms with Crippen LogP contribution in [0.15, 0.2) is 24.3 Å². The Hall–Kier alpha value is -1.66. The third-order valence-corrected chi connectivity index (χ3v) is 4.69. The number of halogens is 1. The van der Waals surface area contributed by atoms with Crippen molar-refractivity contribution in [1.82, 2.24) is 10.2 Å². The fourth-order valence-corrected chi connectivity index (χ4v) is 3.01. The van der Waals surface area contributed by atoms with Crippen LogP contribution in [0.5, 0.6) is 0 Å². The zero-order valence-electron chi connectivity index (χ0n) is 14.4. The lowest BCUT2D eigenvalue weighted by atomic mass is 9.74. The van der Waals surface area contributed by atoms with E-state index in [4.69, 9.17) is 4.74 Å². The zero-order valence-corrected chi connectivity index (χ0v) is 14.4. The molecule has 1 fully saturated rings. The highest BCUT2D eigenvalue weighted by Crippen LogP contribution is 2.34. The van der Waals surface area contributed by atoms with E-state index in [0.29, 0.717) is 32.7 Å². The van der Waals surface area contributed by atoms with E-state index in [1.807, 2.05) is 6.07 Å². The Balaban J connectivity index is 2.03. The van der Waals surface area contributed by atoms with Gasteiger partial charge in [0, 0.05) is 38.8 Å². The Labute approximate surface area is 142 Å². The van der Waals surface area contributed by atoms with Crippen molar-refractivity contribution in [3.05, 3.63) is 35.6 Å². The fraction of sp³-hybridized carbons (Fsp3) is 0.611. The van der Waals surface area contributed by atoms with Crippen LogP contribution in [0, 0.1) is 5.82 Å². The second kappa shape index (κ2) is 8.44. The van der Waals surface area contributed by atoms with Crippen LogP contribution in [-0.2, 0) is 10.2 Å². The number of hydrogen-bond donors (Lipinski definition) is 2. The number of benzene rings is 1. The first-order valence-electron chi connectivity index (χ1n) is 8.44. The first-order valence-corrected chi connectivity index (χ1v) is 8.44. The number of urea groups is 1. The molecule has 0 aromatic heterocycles. The molecule has 0 spiro atoms. The Morgan fingerprint density at radius 1 is 1.46 bits per heavy atom. The molecule has 1 aliphatic rings. The van der Waals surface area contributed by atoms with Gasteiger partial charge in [-0.3, -0.25) is 0 Å². The van der Waals surface area contributed by atoms with Crippen molar-refractivity contribution in [3.63, 3.8) is 0 Å². The predicted octanol–water partition coefficient (Wildman–Crippen LogP) is 2.29. The van der Waals surface area contributed by atoms with Crippen molar-refractivity contribution in [2.75, 3.05) is 33.4 Å². The topological polar surface area (TPSA) is 61.8 Å². The van der Waals surface area contributed by atoms with Crippen molar-refractivity contribution < 1.29 is 19.0 Å². The van der Waals surface area contributed by atoms with E-state index in [2.05, 4.69) is 5.32 Å². The Morgan fingerprint density at radius 3 is 2.79 bits per heavy atom. The molecule has 5 nitrogen and oxygen atoms in total. The van der Waals surface area contributed by atoms with Gasteiger partial charge in [-0.05, 0) is 43.9 Å². The van der Waals surface area contributed by atoms with E-state index >= 15 is 0 Å². The van der Waals surface area contributed by atoms with Crippen molar-refractivity contribution in [2.45, 2.75) is 37.7 Å². The highest BCUT2D eigenvalue weighted by molar-refractivity contribution is 5.74. The van der Waals surface area contributed by atoms with Gasteiger partial charge in [0.25, 0.3) is 0 Å². The Bertz CT molecular complexity index is 545. The van der Waals surface area contributed by atoms with Crippen molar-refractivity contribution in [1.29, 1.82) is 0 Å². The number of nitrogens with zero attached hydrogens (tertiary/aromatic N) is 1. The van der Waals surface area contributed by atoms with E-state index < -0.39 is 6.10 Å². The van der Waals surface area contributed by atoms with Gasteiger partial charge in [0.05, 0.1) is 6.10 Å². The van der Waals surface area contributed by atoms with Crippen LogP contribution >= 0.6 is 0 Å². The third kappa shape index (κ3) is 4.92.